The van der Waals surface area contributed by atoms with Gasteiger partial charge in [0, 0.05) is 49.4 Å². The molecule has 7 heteroatoms. The van der Waals surface area contributed by atoms with E-state index >= 15 is 0 Å². The Morgan fingerprint density at radius 1 is 1.10 bits per heavy atom. The summed E-state index contributed by atoms with van der Waals surface area (Å²) in [6.45, 7) is 5.13. The summed E-state index contributed by atoms with van der Waals surface area (Å²) < 4.78 is 1.74. The third kappa shape index (κ3) is 3.27. The third-order valence-electron chi connectivity index (χ3n) is 5.55. The van der Waals surface area contributed by atoms with E-state index in [1.807, 2.05) is 43.6 Å². The van der Waals surface area contributed by atoms with Gasteiger partial charge in [-0.1, -0.05) is 6.92 Å². The maximum absolute atomic E-state index is 10.5. The van der Waals surface area contributed by atoms with E-state index in [1.54, 1.807) is 10.7 Å². The Morgan fingerprint density at radius 3 is 2.79 bits per heavy atom. The highest BCUT2D eigenvalue weighted by atomic mass is 16.3. The molecule has 2 N–H and O–H groups in total. The van der Waals surface area contributed by atoms with Crippen molar-refractivity contribution in [3.05, 3.63) is 42.6 Å². The average molecular weight is 388 g/mol. The lowest BCUT2D eigenvalue weighted by Crippen LogP contribution is -2.32. The van der Waals surface area contributed by atoms with Crippen LogP contribution >= 0.6 is 0 Å². The third-order valence-corrected chi connectivity index (χ3v) is 5.55. The fraction of sp³-hybridized carbons (Fsp3) is 0.318. The Kier molecular flexibility index (Phi) is 4.32. The first-order chi connectivity index (χ1) is 14.1. The van der Waals surface area contributed by atoms with Crippen LogP contribution in [-0.4, -0.2) is 50.5 Å². The molecule has 0 spiro atoms. The van der Waals surface area contributed by atoms with Crippen LogP contribution in [0.1, 0.15) is 13.3 Å². The van der Waals surface area contributed by atoms with Crippen molar-refractivity contribution in [3.8, 4) is 17.0 Å². The number of likely N-dealkylation sites (N-methyl/N-ethyl adjacent to an activating group) is 1. The molecule has 1 aliphatic heterocycles. The number of pyridine rings is 2. The first-order valence-electron chi connectivity index (χ1n) is 10.0. The minimum Gasteiger partial charge on any atom is -0.507 e. The fourth-order valence-corrected chi connectivity index (χ4v) is 4.14. The number of benzene rings is 1. The predicted octanol–water partition coefficient (Wildman–Crippen LogP) is 3.08. The van der Waals surface area contributed by atoms with Crippen molar-refractivity contribution in [1.29, 1.82) is 0 Å². The summed E-state index contributed by atoms with van der Waals surface area (Å²) in [5.41, 5.74) is 3.87. The number of fused-ring (bicyclic) bond motifs is 2. The van der Waals surface area contributed by atoms with Crippen molar-refractivity contribution in [2.45, 2.75) is 19.4 Å². The van der Waals surface area contributed by atoms with Crippen LogP contribution < -0.4 is 10.2 Å². The smallest absolute Gasteiger partial charge is 0.129 e. The molecular formula is C22H24N6O. The number of aromatic hydroxyl groups is 1. The number of nitrogens with zero attached hydrogens (tertiary/aromatic N) is 5. The lowest BCUT2D eigenvalue weighted by Gasteiger charge is -2.18. The lowest BCUT2D eigenvalue weighted by molar-refractivity contribution is 0.478. The quantitative estimate of drug-likeness (QED) is 0.559. The molecule has 0 saturated carbocycles. The van der Waals surface area contributed by atoms with Crippen LogP contribution in [0.3, 0.4) is 0 Å². The zero-order chi connectivity index (χ0) is 20.0. The van der Waals surface area contributed by atoms with Gasteiger partial charge in [0.15, 0.2) is 0 Å². The standard InChI is InChI=1S/C22H24N6O/c1-3-23-15-8-9-28(13-15)22-7-6-18-19(25-22)5-4-17(24-18)16-10-14-12-27(2)26-20(14)11-21(16)29/h4-7,10-12,15,23,29H,3,8-9,13H2,1-2H3/t15-/m0/s1. The number of hydrogen-bond acceptors (Lipinski definition) is 6. The van der Waals surface area contributed by atoms with Gasteiger partial charge in [-0.2, -0.15) is 5.10 Å². The van der Waals surface area contributed by atoms with E-state index in [9.17, 15) is 5.11 Å². The number of hydrogen-bond donors (Lipinski definition) is 2. The molecule has 3 aromatic heterocycles. The van der Waals surface area contributed by atoms with Gasteiger partial charge in [0.25, 0.3) is 0 Å². The zero-order valence-electron chi connectivity index (χ0n) is 16.6. The second-order valence-corrected chi connectivity index (χ2v) is 7.62. The summed E-state index contributed by atoms with van der Waals surface area (Å²) in [5, 5.41) is 19.3. The number of aryl methyl sites for hydroxylation is 1. The Balaban J connectivity index is 1.48. The average Bonchev–Trinajstić information content (AvgIpc) is 3.32. The summed E-state index contributed by atoms with van der Waals surface area (Å²) in [4.78, 5) is 11.9. The van der Waals surface area contributed by atoms with Crippen molar-refractivity contribution < 1.29 is 5.11 Å². The Labute approximate surface area is 169 Å². The van der Waals surface area contributed by atoms with Crippen LogP contribution in [0.25, 0.3) is 33.2 Å². The van der Waals surface area contributed by atoms with Gasteiger partial charge in [-0.3, -0.25) is 4.68 Å². The molecule has 1 fully saturated rings. The highest BCUT2D eigenvalue weighted by Gasteiger charge is 2.22. The van der Waals surface area contributed by atoms with Crippen LogP contribution in [0.4, 0.5) is 5.82 Å². The second-order valence-electron chi connectivity index (χ2n) is 7.62. The van der Waals surface area contributed by atoms with Gasteiger partial charge < -0.3 is 15.3 Å². The molecule has 0 radical (unpaired) electrons. The Bertz CT molecular complexity index is 1200. The van der Waals surface area contributed by atoms with Crippen molar-refractivity contribution in [2.24, 2.45) is 7.05 Å². The highest BCUT2D eigenvalue weighted by molar-refractivity contribution is 5.88. The number of nitrogens with one attached hydrogen (secondary N) is 1. The first-order valence-corrected chi connectivity index (χ1v) is 10.0. The molecule has 0 bridgehead atoms. The molecule has 1 atom stereocenters. The molecule has 0 amide bonds. The SMILES string of the molecule is CCN[C@H]1CCN(c2ccc3nc(-c4cc5cn(C)nc5cc4O)ccc3n2)C1. The van der Waals surface area contributed by atoms with Crippen LogP contribution in [0.2, 0.25) is 0 Å². The number of anilines is 1. The van der Waals surface area contributed by atoms with Gasteiger partial charge in [0.1, 0.15) is 11.6 Å². The molecule has 148 valence electrons. The molecule has 29 heavy (non-hydrogen) atoms. The van der Waals surface area contributed by atoms with Gasteiger partial charge in [-0.15, -0.1) is 0 Å². The minimum atomic E-state index is 0.180. The van der Waals surface area contributed by atoms with Gasteiger partial charge in [0.05, 0.1) is 22.2 Å². The molecule has 1 saturated heterocycles. The van der Waals surface area contributed by atoms with E-state index in [-0.39, 0.29) is 5.75 Å². The number of phenolic OH excluding ortho intramolecular Hbond substituents is 1. The van der Waals surface area contributed by atoms with Crippen LogP contribution in [0.5, 0.6) is 5.75 Å². The molecule has 4 aromatic rings. The topological polar surface area (TPSA) is 79.1 Å². The van der Waals surface area contributed by atoms with Gasteiger partial charge in [-0.25, -0.2) is 9.97 Å². The van der Waals surface area contributed by atoms with Crippen molar-refractivity contribution in [2.75, 3.05) is 24.5 Å². The zero-order valence-corrected chi connectivity index (χ0v) is 16.6. The van der Waals surface area contributed by atoms with Crippen LogP contribution in [0, 0.1) is 0 Å². The molecule has 4 heterocycles. The fourth-order valence-electron chi connectivity index (χ4n) is 4.14. The maximum atomic E-state index is 10.5. The first kappa shape index (κ1) is 17.9. The van der Waals surface area contributed by atoms with E-state index in [0.717, 1.165) is 59.5 Å². The van der Waals surface area contributed by atoms with E-state index in [1.165, 1.54) is 0 Å². The summed E-state index contributed by atoms with van der Waals surface area (Å²) in [7, 11) is 1.87. The number of aromatic nitrogens is 4. The van der Waals surface area contributed by atoms with Crippen molar-refractivity contribution in [3.63, 3.8) is 0 Å². The normalized spacial score (nSPS) is 16.9. The summed E-state index contributed by atoms with van der Waals surface area (Å²) in [6, 6.07) is 12.1. The molecule has 5 rings (SSSR count). The van der Waals surface area contributed by atoms with Gasteiger partial charge >= 0.3 is 0 Å². The van der Waals surface area contributed by atoms with E-state index in [2.05, 4.69) is 22.2 Å². The van der Waals surface area contributed by atoms with E-state index in [4.69, 9.17) is 9.97 Å². The minimum absolute atomic E-state index is 0.180. The number of rotatable bonds is 4. The number of phenols is 1. The van der Waals surface area contributed by atoms with Crippen LogP contribution in [-0.2, 0) is 7.05 Å². The monoisotopic (exact) mass is 388 g/mol. The van der Waals surface area contributed by atoms with Crippen LogP contribution in [0.15, 0.2) is 42.6 Å². The Morgan fingerprint density at radius 2 is 1.93 bits per heavy atom. The molecule has 1 aromatic carbocycles. The molecule has 0 unspecified atom stereocenters. The van der Waals surface area contributed by atoms with Gasteiger partial charge in [0.2, 0.25) is 0 Å². The second kappa shape index (κ2) is 7.00. The Hall–Kier alpha value is -3.19. The van der Waals surface area contributed by atoms with E-state index < -0.39 is 0 Å². The molecular weight excluding hydrogens is 364 g/mol. The lowest BCUT2D eigenvalue weighted by atomic mass is 10.1. The maximum Gasteiger partial charge on any atom is 0.129 e. The summed E-state index contributed by atoms with van der Waals surface area (Å²) in [5.74, 6) is 1.17. The summed E-state index contributed by atoms with van der Waals surface area (Å²) in [6.07, 6.45) is 3.07. The van der Waals surface area contributed by atoms with Crippen molar-refractivity contribution in [1.82, 2.24) is 25.1 Å². The van der Waals surface area contributed by atoms with E-state index in [0.29, 0.717) is 11.6 Å². The predicted molar refractivity (Wildman–Crippen MR) is 115 cm³/mol. The van der Waals surface area contributed by atoms with Gasteiger partial charge in [-0.05, 0) is 43.3 Å². The largest absolute Gasteiger partial charge is 0.507 e. The molecule has 0 aliphatic carbocycles. The summed E-state index contributed by atoms with van der Waals surface area (Å²) >= 11 is 0. The molecule has 1 aliphatic rings. The molecule has 7 nitrogen and oxygen atoms in total. The highest BCUT2D eigenvalue weighted by Crippen LogP contribution is 2.33. The van der Waals surface area contributed by atoms with Crippen molar-refractivity contribution >= 4 is 27.8 Å².